The van der Waals surface area contributed by atoms with Gasteiger partial charge in [-0.2, -0.15) is 0 Å². The van der Waals surface area contributed by atoms with Crippen molar-refractivity contribution in [2.45, 2.75) is 64.8 Å². The van der Waals surface area contributed by atoms with E-state index in [0.717, 1.165) is 0 Å². The SMILES string of the molecule is [3H]CCCCC(=O)CN=CC(=O)CCCSSCC(=O)NC(CCC(=O)CN=CC)C(=O)O. The number of carboxylic acid groups (broad SMARTS) is 1. The average molecular weight is 490 g/mol. The number of hydrogen-bond donors (Lipinski definition) is 2. The molecule has 32 heavy (non-hydrogen) atoms. The zero-order valence-electron chi connectivity index (χ0n) is 19.4. The standard InChI is InChI=1S/C21H33N3O6S2/c1-3-5-7-16(25)13-23-14-17(26)8-6-11-31-32-15-20(28)24-19(21(29)30)10-9-18(27)12-22-4-2/h4,14,19H,3,5-13,15H2,1-2H3,(H,24,28)(H,29,30)/i1T. The Balaban J connectivity index is 3.94. The highest BCUT2D eigenvalue weighted by Crippen LogP contribution is 2.22. The summed E-state index contributed by atoms with van der Waals surface area (Å²) in [4.78, 5) is 65.7. The summed E-state index contributed by atoms with van der Waals surface area (Å²) in [5, 5.41) is 11.6. The van der Waals surface area contributed by atoms with Gasteiger partial charge in [-0.05, 0) is 32.4 Å². The minimum atomic E-state index is -1.19. The zero-order chi connectivity index (χ0) is 24.9. The van der Waals surface area contributed by atoms with Crippen LogP contribution in [0, 0.1) is 0 Å². The molecular weight excluding hydrogens is 454 g/mol. The summed E-state index contributed by atoms with van der Waals surface area (Å²) in [5.74, 6) is -1.35. The van der Waals surface area contributed by atoms with E-state index in [9.17, 15) is 29.1 Å². The van der Waals surface area contributed by atoms with Crippen LogP contribution in [0.25, 0.3) is 0 Å². The number of aliphatic carboxylic acids is 1. The number of Topliss-reactive ketones (excluding diaryl/α,β-unsaturated/α-hetero) is 3. The van der Waals surface area contributed by atoms with Crippen molar-refractivity contribution in [3.8, 4) is 0 Å². The number of hydrogen-bond acceptors (Lipinski definition) is 9. The second kappa shape index (κ2) is 19.7. The summed E-state index contributed by atoms with van der Waals surface area (Å²) in [5.41, 5.74) is 0. The Labute approximate surface area is 198 Å². The molecule has 0 heterocycles. The number of nitrogens with one attached hydrogen (secondary N) is 1. The van der Waals surface area contributed by atoms with Crippen molar-refractivity contribution < 1.29 is 30.4 Å². The highest BCUT2D eigenvalue weighted by atomic mass is 33.1. The molecule has 1 amide bonds. The normalized spacial score (nSPS) is 12.6. The highest BCUT2D eigenvalue weighted by molar-refractivity contribution is 8.76. The molecule has 0 fully saturated rings. The lowest BCUT2D eigenvalue weighted by molar-refractivity contribution is -0.141. The molecule has 0 aliphatic heterocycles. The van der Waals surface area contributed by atoms with E-state index < -0.39 is 17.9 Å². The average Bonchev–Trinajstić information content (AvgIpc) is 2.77. The Hall–Kier alpha value is -2.01. The Morgan fingerprint density at radius 2 is 1.75 bits per heavy atom. The van der Waals surface area contributed by atoms with Crippen molar-refractivity contribution in [3.05, 3.63) is 0 Å². The number of ketones is 3. The molecule has 0 saturated heterocycles. The molecule has 1 unspecified atom stereocenters. The second-order valence-corrected chi connectivity index (χ2v) is 9.34. The molecule has 0 spiro atoms. The monoisotopic (exact) mass is 489 g/mol. The molecule has 0 saturated carbocycles. The van der Waals surface area contributed by atoms with Crippen molar-refractivity contribution in [1.82, 2.24) is 5.32 Å². The van der Waals surface area contributed by atoms with Crippen molar-refractivity contribution in [2.75, 3.05) is 24.6 Å². The van der Waals surface area contributed by atoms with Crippen molar-refractivity contribution >= 4 is 63.2 Å². The van der Waals surface area contributed by atoms with Crippen LogP contribution in [-0.2, 0) is 24.0 Å². The lowest BCUT2D eigenvalue weighted by atomic mass is 10.1. The topological polar surface area (TPSA) is 142 Å². The van der Waals surface area contributed by atoms with Crippen LogP contribution in [0.15, 0.2) is 9.98 Å². The summed E-state index contributed by atoms with van der Waals surface area (Å²) >= 11 is 0. The minimum Gasteiger partial charge on any atom is -0.480 e. The predicted molar refractivity (Wildman–Crippen MR) is 130 cm³/mol. The maximum absolute atomic E-state index is 11.9. The Kier molecular flexibility index (Phi) is 17.2. The Bertz CT molecular complexity index is 703. The number of rotatable bonds is 20. The second-order valence-electron chi connectivity index (χ2n) is 6.75. The van der Waals surface area contributed by atoms with Gasteiger partial charge in [0.15, 0.2) is 17.3 Å². The van der Waals surface area contributed by atoms with Gasteiger partial charge in [0.05, 0.1) is 25.1 Å². The first-order valence-corrected chi connectivity index (χ1v) is 12.8. The molecule has 0 bridgehead atoms. The van der Waals surface area contributed by atoms with Crippen LogP contribution in [0.5, 0.6) is 0 Å². The maximum Gasteiger partial charge on any atom is 0.326 e. The zero-order valence-corrected chi connectivity index (χ0v) is 20.0. The summed E-state index contributed by atoms with van der Waals surface area (Å²) in [7, 11) is 2.65. The van der Waals surface area contributed by atoms with Gasteiger partial charge in [-0.3, -0.25) is 29.2 Å². The summed E-state index contributed by atoms with van der Waals surface area (Å²) in [6.45, 7) is 1.98. The van der Waals surface area contributed by atoms with Gasteiger partial charge in [0.1, 0.15) is 6.04 Å². The molecule has 0 aliphatic carbocycles. The van der Waals surface area contributed by atoms with E-state index in [0.29, 0.717) is 38.3 Å². The number of aliphatic imine (C=N–C) groups is 2. The first kappa shape index (κ1) is 28.0. The van der Waals surface area contributed by atoms with Crippen LogP contribution in [0.4, 0.5) is 0 Å². The van der Waals surface area contributed by atoms with E-state index in [2.05, 4.69) is 15.3 Å². The molecule has 0 aromatic carbocycles. The molecule has 9 nitrogen and oxygen atoms in total. The third-order valence-electron chi connectivity index (χ3n) is 3.93. The number of amides is 1. The largest absolute Gasteiger partial charge is 0.480 e. The predicted octanol–water partition coefficient (Wildman–Crippen LogP) is 2.56. The first-order valence-electron chi connectivity index (χ1n) is 11.1. The van der Waals surface area contributed by atoms with Crippen LogP contribution >= 0.6 is 21.6 Å². The van der Waals surface area contributed by atoms with E-state index >= 15 is 0 Å². The fourth-order valence-corrected chi connectivity index (χ4v) is 4.18. The highest BCUT2D eigenvalue weighted by Gasteiger charge is 2.20. The van der Waals surface area contributed by atoms with Gasteiger partial charge < -0.3 is 10.4 Å². The molecule has 180 valence electrons. The van der Waals surface area contributed by atoms with Crippen LogP contribution in [0.3, 0.4) is 0 Å². The van der Waals surface area contributed by atoms with Crippen LogP contribution in [-0.4, -0.2) is 77.4 Å². The fraction of sp³-hybridized carbons (Fsp3) is 0.667. The van der Waals surface area contributed by atoms with Gasteiger partial charge in [-0.25, -0.2) is 4.79 Å². The van der Waals surface area contributed by atoms with Crippen LogP contribution < -0.4 is 5.32 Å². The lowest BCUT2D eigenvalue weighted by Gasteiger charge is -2.13. The third-order valence-corrected chi connectivity index (χ3v) is 6.28. The third kappa shape index (κ3) is 17.6. The Morgan fingerprint density at radius 3 is 2.44 bits per heavy atom. The quantitative estimate of drug-likeness (QED) is 0.151. The lowest BCUT2D eigenvalue weighted by Crippen LogP contribution is -2.41. The summed E-state index contributed by atoms with van der Waals surface area (Å²) in [6.07, 6.45) is 5.32. The molecule has 0 radical (unpaired) electrons. The molecular formula is C21H33N3O6S2. The number of unbranched alkanes of at least 4 members (excludes halogenated alkanes) is 1. The van der Waals surface area contributed by atoms with Gasteiger partial charge in [0.25, 0.3) is 0 Å². The van der Waals surface area contributed by atoms with Gasteiger partial charge in [-0.1, -0.05) is 34.9 Å². The van der Waals surface area contributed by atoms with Crippen molar-refractivity contribution in [2.24, 2.45) is 9.98 Å². The van der Waals surface area contributed by atoms with Crippen LogP contribution in [0.1, 0.15) is 60.1 Å². The fourth-order valence-electron chi connectivity index (χ4n) is 2.25. The smallest absolute Gasteiger partial charge is 0.326 e. The maximum atomic E-state index is 11.9. The molecule has 0 aromatic rings. The number of carbonyl (C=O) groups excluding carboxylic acids is 4. The molecule has 0 aromatic heterocycles. The van der Waals surface area contributed by atoms with E-state index in [1.807, 2.05) is 0 Å². The molecule has 0 aliphatic rings. The number of carbonyl (C=O) groups is 5. The molecule has 1 atom stereocenters. The van der Waals surface area contributed by atoms with E-state index in [1.165, 1.54) is 34.0 Å². The molecule has 0 rings (SSSR count). The minimum absolute atomic E-state index is 0.00306. The first-order chi connectivity index (χ1) is 15.8. The van der Waals surface area contributed by atoms with E-state index in [1.54, 1.807) is 6.92 Å². The molecule has 11 heteroatoms. The van der Waals surface area contributed by atoms with Crippen molar-refractivity contribution in [1.29, 1.82) is 0 Å². The Morgan fingerprint density at radius 1 is 1.03 bits per heavy atom. The summed E-state index contributed by atoms with van der Waals surface area (Å²) < 4.78 is 7.01. The van der Waals surface area contributed by atoms with Crippen molar-refractivity contribution in [3.63, 3.8) is 0 Å². The molecule has 2 N–H and O–H groups in total. The van der Waals surface area contributed by atoms with Gasteiger partial charge in [0.2, 0.25) is 5.91 Å². The summed E-state index contributed by atoms with van der Waals surface area (Å²) in [6, 6.07) is -1.13. The van der Waals surface area contributed by atoms with Gasteiger partial charge in [0, 0.05) is 26.4 Å². The van der Waals surface area contributed by atoms with Gasteiger partial charge >= 0.3 is 5.97 Å². The van der Waals surface area contributed by atoms with E-state index in [4.69, 9.17) is 1.37 Å². The van der Waals surface area contributed by atoms with E-state index in [-0.39, 0.29) is 55.5 Å². The number of nitrogens with zero attached hydrogens (tertiary/aromatic N) is 2. The van der Waals surface area contributed by atoms with Crippen LogP contribution in [0.2, 0.25) is 0 Å². The van der Waals surface area contributed by atoms with Gasteiger partial charge in [-0.15, -0.1) is 0 Å². The number of carboxylic acids is 1.